The van der Waals surface area contributed by atoms with Crippen LogP contribution in [0.5, 0.6) is 17.2 Å². The normalized spacial score (nSPS) is 10.7. The van der Waals surface area contributed by atoms with Gasteiger partial charge in [-0.15, -0.1) is 0 Å². The van der Waals surface area contributed by atoms with Gasteiger partial charge in [0.05, 0.1) is 31.0 Å². The minimum absolute atomic E-state index is 0.122. The van der Waals surface area contributed by atoms with Gasteiger partial charge in [-0.1, -0.05) is 0 Å². The SMILES string of the molecule is COc1ccc(OC)c(NC(=O)c2c(O)c3cccnc3n(-c3ccc(F)cc3)c2=O)c1. The number of nitrogens with one attached hydrogen (secondary N) is 1. The number of aromatic nitrogens is 2. The molecule has 0 aliphatic rings. The molecule has 8 nitrogen and oxygen atoms in total. The molecule has 4 rings (SSSR count). The summed E-state index contributed by atoms with van der Waals surface area (Å²) < 4.78 is 25.0. The average molecular weight is 435 g/mol. The Hall–Kier alpha value is -4.40. The van der Waals surface area contributed by atoms with Crippen LogP contribution in [0.4, 0.5) is 10.1 Å². The zero-order valence-electron chi connectivity index (χ0n) is 17.1. The number of pyridine rings is 2. The highest BCUT2D eigenvalue weighted by Gasteiger charge is 2.24. The number of aromatic hydroxyl groups is 1. The largest absolute Gasteiger partial charge is 0.506 e. The Kier molecular flexibility index (Phi) is 5.46. The van der Waals surface area contributed by atoms with Gasteiger partial charge >= 0.3 is 0 Å². The highest BCUT2D eigenvalue weighted by Crippen LogP contribution is 2.31. The fraction of sp³-hybridized carbons (Fsp3) is 0.0870. The first-order valence-electron chi connectivity index (χ1n) is 9.46. The number of halogens is 1. The number of fused-ring (bicyclic) bond motifs is 1. The van der Waals surface area contributed by atoms with Crippen molar-refractivity contribution in [2.75, 3.05) is 19.5 Å². The molecule has 1 amide bonds. The van der Waals surface area contributed by atoms with E-state index < -0.39 is 28.6 Å². The van der Waals surface area contributed by atoms with Crippen LogP contribution in [0.1, 0.15) is 10.4 Å². The van der Waals surface area contributed by atoms with Crippen molar-refractivity contribution in [2.45, 2.75) is 0 Å². The molecule has 32 heavy (non-hydrogen) atoms. The van der Waals surface area contributed by atoms with E-state index in [0.717, 1.165) is 4.57 Å². The van der Waals surface area contributed by atoms with E-state index in [1.165, 1.54) is 56.8 Å². The summed E-state index contributed by atoms with van der Waals surface area (Å²) in [5, 5.41) is 13.6. The van der Waals surface area contributed by atoms with Gasteiger partial charge in [-0.2, -0.15) is 0 Å². The smallest absolute Gasteiger partial charge is 0.273 e. The second-order valence-corrected chi connectivity index (χ2v) is 6.74. The van der Waals surface area contributed by atoms with E-state index in [-0.39, 0.29) is 22.4 Å². The van der Waals surface area contributed by atoms with E-state index >= 15 is 0 Å². The van der Waals surface area contributed by atoms with E-state index in [2.05, 4.69) is 10.3 Å². The van der Waals surface area contributed by atoms with E-state index in [4.69, 9.17) is 9.47 Å². The molecule has 0 spiro atoms. The second kappa shape index (κ2) is 8.38. The molecule has 0 fully saturated rings. The number of nitrogens with zero attached hydrogens (tertiary/aromatic N) is 2. The number of carbonyl (C=O) groups excluding carboxylic acids is 1. The topological polar surface area (TPSA) is 103 Å². The Labute approximate surface area is 181 Å². The van der Waals surface area contributed by atoms with Gasteiger partial charge in [0.25, 0.3) is 11.5 Å². The van der Waals surface area contributed by atoms with Crippen LogP contribution in [0, 0.1) is 5.82 Å². The van der Waals surface area contributed by atoms with Crippen molar-refractivity contribution < 1.29 is 23.8 Å². The maximum Gasteiger partial charge on any atom is 0.273 e. The minimum Gasteiger partial charge on any atom is -0.506 e. The van der Waals surface area contributed by atoms with Gasteiger partial charge in [0.1, 0.15) is 28.6 Å². The van der Waals surface area contributed by atoms with Gasteiger partial charge in [0.15, 0.2) is 5.65 Å². The second-order valence-electron chi connectivity index (χ2n) is 6.74. The summed E-state index contributed by atoms with van der Waals surface area (Å²) >= 11 is 0. The Balaban J connectivity index is 1.91. The molecule has 0 saturated carbocycles. The fourth-order valence-corrected chi connectivity index (χ4v) is 3.33. The Morgan fingerprint density at radius 3 is 2.53 bits per heavy atom. The number of ether oxygens (including phenoxy) is 2. The molecule has 4 aromatic rings. The number of benzene rings is 2. The summed E-state index contributed by atoms with van der Waals surface area (Å²) in [5.74, 6) is -1.07. The third-order valence-electron chi connectivity index (χ3n) is 4.87. The molecule has 0 radical (unpaired) electrons. The lowest BCUT2D eigenvalue weighted by molar-refractivity contribution is 0.102. The molecule has 0 unspecified atom stereocenters. The van der Waals surface area contributed by atoms with Gasteiger partial charge in [-0.05, 0) is 48.5 Å². The number of amides is 1. The van der Waals surface area contributed by atoms with E-state index in [0.29, 0.717) is 11.5 Å². The highest BCUT2D eigenvalue weighted by atomic mass is 19.1. The van der Waals surface area contributed by atoms with Crippen molar-refractivity contribution >= 4 is 22.6 Å². The number of hydrogen-bond donors (Lipinski definition) is 2. The van der Waals surface area contributed by atoms with Crippen molar-refractivity contribution in [1.82, 2.24) is 9.55 Å². The van der Waals surface area contributed by atoms with Crippen molar-refractivity contribution in [1.29, 1.82) is 0 Å². The number of rotatable bonds is 5. The monoisotopic (exact) mass is 435 g/mol. The van der Waals surface area contributed by atoms with Crippen LogP contribution in [0.15, 0.2) is 65.6 Å². The number of carbonyl (C=O) groups is 1. The molecule has 9 heteroatoms. The molecule has 2 aromatic heterocycles. The molecular weight excluding hydrogens is 417 g/mol. The third-order valence-corrected chi connectivity index (χ3v) is 4.87. The van der Waals surface area contributed by atoms with Crippen LogP contribution >= 0.6 is 0 Å². The first kappa shape index (κ1) is 20.9. The predicted molar refractivity (Wildman–Crippen MR) is 116 cm³/mol. The third kappa shape index (κ3) is 3.60. The van der Waals surface area contributed by atoms with Gasteiger partial charge in [-0.3, -0.25) is 14.2 Å². The highest BCUT2D eigenvalue weighted by molar-refractivity contribution is 6.09. The summed E-state index contributed by atoms with van der Waals surface area (Å²) in [7, 11) is 2.90. The lowest BCUT2D eigenvalue weighted by atomic mass is 10.1. The zero-order chi connectivity index (χ0) is 22.8. The Morgan fingerprint density at radius 1 is 1.09 bits per heavy atom. The number of hydrogen-bond acceptors (Lipinski definition) is 6. The van der Waals surface area contributed by atoms with Crippen LogP contribution in [-0.2, 0) is 0 Å². The predicted octanol–water partition coefficient (Wildman–Crippen LogP) is 3.50. The Morgan fingerprint density at radius 2 is 1.84 bits per heavy atom. The molecule has 0 aliphatic carbocycles. The molecule has 0 atom stereocenters. The average Bonchev–Trinajstić information content (AvgIpc) is 2.80. The molecule has 0 aliphatic heterocycles. The van der Waals surface area contributed by atoms with Crippen LogP contribution in [-0.4, -0.2) is 34.8 Å². The maximum atomic E-state index is 13.4. The molecule has 2 heterocycles. The Bertz CT molecular complexity index is 1380. The lowest BCUT2D eigenvalue weighted by Gasteiger charge is -2.15. The fourth-order valence-electron chi connectivity index (χ4n) is 3.33. The first-order chi connectivity index (χ1) is 15.4. The first-order valence-corrected chi connectivity index (χ1v) is 9.46. The van der Waals surface area contributed by atoms with Crippen molar-refractivity contribution in [3.8, 4) is 22.9 Å². The van der Waals surface area contributed by atoms with Crippen LogP contribution in [0.25, 0.3) is 16.7 Å². The van der Waals surface area contributed by atoms with Crippen LogP contribution < -0.4 is 20.3 Å². The molecular formula is C23H18FN3O5. The summed E-state index contributed by atoms with van der Waals surface area (Å²) in [6, 6.07) is 13.0. The summed E-state index contributed by atoms with van der Waals surface area (Å²) in [5.41, 5.74) is -0.667. The van der Waals surface area contributed by atoms with E-state index in [1.807, 2.05) is 0 Å². The van der Waals surface area contributed by atoms with Crippen molar-refractivity contribution in [3.05, 3.63) is 82.5 Å². The summed E-state index contributed by atoms with van der Waals surface area (Å²) in [4.78, 5) is 30.7. The summed E-state index contributed by atoms with van der Waals surface area (Å²) in [6.45, 7) is 0. The molecule has 2 N–H and O–H groups in total. The van der Waals surface area contributed by atoms with Gasteiger partial charge in [0, 0.05) is 12.3 Å². The van der Waals surface area contributed by atoms with Gasteiger partial charge < -0.3 is 19.9 Å². The standard InChI is InChI=1S/C23H18FN3O5/c1-31-15-9-10-18(32-2)17(12-15)26-22(29)19-20(28)16-4-3-11-25-21(16)27(23(19)30)14-7-5-13(24)6-8-14/h3-12,28H,1-2H3,(H,26,29). The molecule has 2 aromatic carbocycles. The van der Waals surface area contributed by atoms with Crippen molar-refractivity contribution in [3.63, 3.8) is 0 Å². The quantitative estimate of drug-likeness (QED) is 0.498. The van der Waals surface area contributed by atoms with E-state index in [9.17, 15) is 19.1 Å². The molecule has 0 bridgehead atoms. The van der Waals surface area contributed by atoms with Gasteiger partial charge in [-0.25, -0.2) is 9.37 Å². The minimum atomic E-state index is -0.860. The molecule has 162 valence electrons. The number of methoxy groups -OCH3 is 2. The van der Waals surface area contributed by atoms with E-state index in [1.54, 1.807) is 18.2 Å². The molecule has 0 saturated heterocycles. The van der Waals surface area contributed by atoms with Gasteiger partial charge in [0.2, 0.25) is 0 Å². The van der Waals surface area contributed by atoms with Crippen LogP contribution in [0.2, 0.25) is 0 Å². The number of anilines is 1. The maximum absolute atomic E-state index is 13.4. The zero-order valence-corrected chi connectivity index (χ0v) is 17.1. The van der Waals surface area contributed by atoms with Crippen LogP contribution in [0.3, 0.4) is 0 Å². The van der Waals surface area contributed by atoms with Crippen molar-refractivity contribution in [2.24, 2.45) is 0 Å². The summed E-state index contributed by atoms with van der Waals surface area (Å²) in [6.07, 6.45) is 1.45. The lowest BCUT2D eigenvalue weighted by Crippen LogP contribution is -2.29.